The second kappa shape index (κ2) is 6.34. The van der Waals surface area contributed by atoms with Gasteiger partial charge >= 0.3 is 0 Å². The minimum absolute atomic E-state index is 0.180. The molecule has 0 unspecified atom stereocenters. The van der Waals surface area contributed by atoms with Gasteiger partial charge in [0.05, 0.1) is 16.9 Å². The topological polar surface area (TPSA) is 50.1 Å². The van der Waals surface area contributed by atoms with Gasteiger partial charge in [0.25, 0.3) is 5.56 Å². The number of nitrogens with one attached hydrogen (secondary N) is 1. The average Bonchev–Trinajstić information content (AvgIpc) is 2.82. The molecule has 0 amide bonds. The Morgan fingerprint density at radius 3 is 2.65 bits per heavy atom. The molecule has 3 aromatic rings. The Morgan fingerprint density at radius 1 is 1.22 bits per heavy atom. The third kappa shape index (κ3) is 3.17. The van der Waals surface area contributed by atoms with Crippen molar-refractivity contribution in [2.45, 2.75) is 6.92 Å². The summed E-state index contributed by atoms with van der Waals surface area (Å²) in [5.74, 6) is -0.452. The number of aromatic amines is 1. The molecule has 0 bridgehead atoms. The van der Waals surface area contributed by atoms with Gasteiger partial charge in [-0.15, -0.1) is 0 Å². The largest absolute Gasteiger partial charge is 0.295 e. The van der Waals surface area contributed by atoms with Crippen LogP contribution in [0.3, 0.4) is 0 Å². The number of halogens is 2. The van der Waals surface area contributed by atoms with Crippen LogP contribution in [0.2, 0.25) is 0 Å². The van der Waals surface area contributed by atoms with E-state index >= 15 is 0 Å². The maximum Gasteiger partial charge on any atom is 0.280 e. The quantitative estimate of drug-likeness (QED) is 0.689. The maximum atomic E-state index is 13.8. The number of nitrogens with zero attached hydrogens (tertiary/aromatic N) is 2. The van der Waals surface area contributed by atoms with E-state index < -0.39 is 5.82 Å². The predicted octanol–water partition coefficient (Wildman–Crippen LogP) is 4.13. The fraction of sp³-hybridized carbons (Fsp3) is 0.0588. The van der Waals surface area contributed by atoms with Crippen molar-refractivity contribution in [3.63, 3.8) is 0 Å². The number of aromatic nitrogens is 2. The summed E-state index contributed by atoms with van der Waals surface area (Å²) >= 11 is 3.19. The van der Waals surface area contributed by atoms with E-state index in [-0.39, 0.29) is 11.2 Å². The van der Waals surface area contributed by atoms with E-state index in [1.165, 1.54) is 17.0 Å². The lowest BCUT2D eigenvalue weighted by atomic mass is 10.2. The molecule has 116 valence electrons. The summed E-state index contributed by atoms with van der Waals surface area (Å²) in [5.41, 5.74) is 1.75. The number of H-pyrrole nitrogens is 1. The first-order chi connectivity index (χ1) is 11.1. The lowest BCUT2D eigenvalue weighted by molar-refractivity contribution is 0.629. The van der Waals surface area contributed by atoms with Gasteiger partial charge in [-0.3, -0.25) is 14.9 Å². The molecular weight excluding hydrogens is 361 g/mol. The lowest BCUT2D eigenvalue weighted by Crippen LogP contribution is -2.17. The van der Waals surface area contributed by atoms with Crippen LogP contribution in [0.25, 0.3) is 5.69 Å². The number of rotatable bonds is 3. The van der Waals surface area contributed by atoms with Crippen molar-refractivity contribution in [3.05, 3.63) is 80.4 Å². The molecule has 0 aliphatic rings. The number of hydrogen-bond donors (Lipinski definition) is 1. The molecule has 0 spiro atoms. The van der Waals surface area contributed by atoms with Crippen LogP contribution < -0.4 is 5.56 Å². The number of benzene rings is 2. The highest BCUT2D eigenvalue weighted by atomic mass is 79.9. The SMILES string of the molecule is Cc1[nH]n(-c2ccccc2)c(=O)c1C=Nc1ccc(Br)cc1F. The summed E-state index contributed by atoms with van der Waals surface area (Å²) < 4.78 is 15.9. The molecule has 0 radical (unpaired) electrons. The van der Waals surface area contributed by atoms with Crippen LogP contribution in [0.5, 0.6) is 0 Å². The Kier molecular flexibility index (Phi) is 4.25. The summed E-state index contributed by atoms with van der Waals surface area (Å²) in [5, 5.41) is 3.00. The third-order valence-electron chi connectivity index (χ3n) is 3.37. The molecule has 2 aromatic carbocycles. The molecule has 0 fully saturated rings. The number of para-hydroxylation sites is 1. The van der Waals surface area contributed by atoms with Crippen LogP contribution in [0.1, 0.15) is 11.3 Å². The molecule has 6 heteroatoms. The summed E-state index contributed by atoms with van der Waals surface area (Å²) in [6.07, 6.45) is 1.39. The summed E-state index contributed by atoms with van der Waals surface area (Å²) in [6, 6.07) is 13.8. The van der Waals surface area contributed by atoms with Gasteiger partial charge < -0.3 is 0 Å². The predicted molar refractivity (Wildman–Crippen MR) is 92.5 cm³/mol. The Balaban J connectivity index is 2.00. The molecule has 0 aliphatic heterocycles. The van der Waals surface area contributed by atoms with E-state index in [0.29, 0.717) is 15.7 Å². The molecule has 1 heterocycles. The second-order valence-corrected chi connectivity index (χ2v) is 5.90. The minimum atomic E-state index is -0.452. The first-order valence-electron chi connectivity index (χ1n) is 6.92. The molecule has 3 rings (SSSR count). The van der Waals surface area contributed by atoms with Gasteiger partial charge in [-0.1, -0.05) is 34.1 Å². The van der Waals surface area contributed by atoms with E-state index in [1.807, 2.05) is 30.3 Å². The Morgan fingerprint density at radius 2 is 1.96 bits per heavy atom. The summed E-state index contributed by atoms with van der Waals surface area (Å²) in [7, 11) is 0. The van der Waals surface area contributed by atoms with Gasteiger partial charge in [-0.05, 0) is 37.3 Å². The Labute approximate surface area is 140 Å². The molecule has 0 atom stereocenters. The molecule has 4 nitrogen and oxygen atoms in total. The van der Waals surface area contributed by atoms with E-state index in [9.17, 15) is 9.18 Å². The molecule has 1 N–H and O–H groups in total. The summed E-state index contributed by atoms with van der Waals surface area (Å²) in [6.45, 7) is 1.78. The van der Waals surface area contributed by atoms with Crippen LogP contribution in [-0.2, 0) is 0 Å². The molecule has 0 saturated carbocycles. The molecule has 0 aliphatic carbocycles. The van der Waals surface area contributed by atoms with E-state index in [4.69, 9.17) is 0 Å². The van der Waals surface area contributed by atoms with Crippen molar-refractivity contribution in [2.75, 3.05) is 0 Å². The van der Waals surface area contributed by atoms with Crippen LogP contribution in [0.4, 0.5) is 10.1 Å². The van der Waals surface area contributed by atoms with Crippen molar-refractivity contribution in [1.29, 1.82) is 0 Å². The van der Waals surface area contributed by atoms with E-state index in [1.54, 1.807) is 19.1 Å². The Hall–Kier alpha value is -2.47. The molecule has 1 aromatic heterocycles. The summed E-state index contributed by atoms with van der Waals surface area (Å²) in [4.78, 5) is 16.6. The molecule has 0 saturated heterocycles. The number of aliphatic imine (C=N–C) groups is 1. The highest BCUT2D eigenvalue weighted by Crippen LogP contribution is 2.21. The zero-order chi connectivity index (χ0) is 16.4. The number of aryl methyl sites for hydroxylation is 1. The minimum Gasteiger partial charge on any atom is -0.295 e. The van der Waals surface area contributed by atoms with Crippen molar-refractivity contribution >= 4 is 27.8 Å². The fourth-order valence-electron chi connectivity index (χ4n) is 2.19. The first kappa shape index (κ1) is 15.4. The van der Waals surface area contributed by atoms with E-state index in [0.717, 1.165) is 5.69 Å². The van der Waals surface area contributed by atoms with Crippen molar-refractivity contribution in [3.8, 4) is 5.69 Å². The third-order valence-corrected chi connectivity index (χ3v) is 3.87. The van der Waals surface area contributed by atoms with Gasteiger partial charge in [0.1, 0.15) is 5.82 Å². The highest BCUT2D eigenvalue weighted by molar-refractivity contribution is 9.10. The van der Waals surface area contributed by atoms with Crippen LogP contribution in [0.15, 0.2) is 62.8 Å². The van der Waals surface area contributed by atoms with Crippen LogP contribution >= 0.6 is 15.9 Å². The average molecular weight is 374 g/mol. The second-order valence-electron chi connectivity index (χ2n) is 4.98. The zero-order valence-electron chi connectivity index (χ0n) is 12.3. The van der Waals surface area contributed by atoms with Crippen molar-refractivity contribution < 1.29 is 4.39 Å². The Bertz CT molecular complexity index is 929. The number of hydrogen-bond acceptors (Lipinski definition) is 2. The smallest absolute Gasteiger partial charge is 0.280 e. The van der Waals surface area contributed by atoms with Crippen LogP contribution in [-0.4, -0.2) is 16.0 Å². The molecular formula is C17H13BrFN3O. The lowest BCUT2D eigenvalue weighted by Gasteiger charge is -1.99. The van der Waals surface area contributed by atoms with Gasteiger partial charge in [-0.2, -0.15) is 0 Å². The molecule has 23 heavy (non-hydrogen) atoms. The highest BCUT2D eigenvalue weighted by Gasteiger charge is 2.10. The fourth-order valence-corrected chi connectivity index (χ4v) is 2.52. The van der Waals surface area contributed by atoms with Crippen molar-refractivity contribution in [2.24, 2.45) is 4.99 Å². The van der Waals surface area contributed by atoms with Gasteiger partial charge in [0, 0.05) is 16.4 Å². The zero-order valence-corrected chi connectivity index (χ0v) is 13.8. The standard InChI is InChI=1S/C17H13BrFN3O/c1-11-14(10-20-16-8-7-12(18)9-15(16)19)17(23)22(21-11)13-5-3-2-4-6-13/h2-10,21H,1H3. The van der Waals surface area contributed by atoms with Crippen LogP contribution in [0, 0.1) is 12.7 Å². The first-order valence-corrected chi connectivity index (χ1v) is 7.72. The van der Waals surface area contributed by atoms with Gasteiger partial charge in [-0.25, -0.2) is 9.07 Å². The van der Waals surface area contributed by atoms with E-state index in [2.05, 4.69) is 26.0 Å². The normalized spacial score (nSPS) is 11.3. The monoisotopic (exact) mass is 373 g/mol. The van der Waals surface area contributed by atoms with Crippen molar-refractivity contribution in [1.82, 2.24) is 9.78 Å². The van der Waals surface area contributed by atoms with Gasteiger partial charge in [0.2, 0.25) is 0 Å². The maximum absolute atomic E-state index is 13.8. The van der Waals surface area contributed by atoms with Gasteiger partial charge in [0.15, 0.2) is 0 Å².